The van der Waals surface area contributed by atoms with Crippen molar-refractivity contribution in [3.8, 4) is 23.3 Å². The Morgan fingerprint density at radius 2 is 1.76 bits per heavy atom. The quantitative estimate of drug-likeness (QED) is 0.449. The summed E-state index contributed by atoms with van der Waals surface area (Å²) in [6, 6.07) is 23.2. The van der Waals surface area contributed by atoms with Crippen molar-refractivity contribution in [1.82, 2.24) is 10.2 Å². The van der Waals surface area contributed by atoms with Gasteiger partial charge in [0.15, 0.2) is 11.5 Å². The minimum atomic E-state index is -0.158. The van der Waals surface area contributed by atoms with E-state index >= 15 is 0 Å². The van der Waals surface area contributed by atoms with E-state index in [-0.39, 0.29) is 17.7 Å². The van der Waals surface area contributed by atoms with Crippen LogP contribution in [0.25, 0.3) is 0 Å². The van der Waals surface area contributed by atoms with Crippen LogP contribution in [0, 0.1) is 17.2 Å². The standard InChI is InChI=1S/C30H33N3O4/c1-35-26-10-8-23(9-11-26)27-20-33(14-13-21-7-12-28(36-2)29(16-21)37-3)19-25(27)18-32-30(34)24-6-4-5-22(15-24)17-31/h4-12,15-16,25,27H,13-14,18-20H2,1-3H3,(H,32,34)/t25-,27+/m0/s1. The van der Waals surface area contributed by atoms with E-state index in [1.807, 2.05) is 24.3 Å². The molecular formula is C30H33N3O4. The monoisotopic (exact) mass is 499 g/mol. The highest BCUT2D eigenvalue weighted by atomic mass is 16.5. The number of benzene rings is 3. The molecule has 1 saturated heterocycles. The van der Waals surface area contributed by atoms with Gasteiger partial charge < -0.3 is 24.4 Å². The van der Waals surface area contributed by atoms with Crippen LogP contribution < -0.4 is 19.5 Å². The predicted molar refractivity (Wildman–Crippen MR) is 142 cm³/mol. The number of hydrogen-bond acceptors (Lipinski definition) is 6. The predicted octanol–water partition coefficient (Wildman–Crippen LogP) is 4.27. The van der Waals surface area contributed by atoms with Gasteiger partial charge in [-0.05, 0) is 65.9 Å². The Hall–Kier alpha value is -4.02. The van der Waals surface area contributed by atoms with Crippen molar-refractivity contribution in [2.24, 2.45) is 5.92 Å². The van der Waals surface area contributed by atoms with Crippen molar-refractivity contribution < 1.29 is 19.0 Å². The van der Waals surface area contributed by atoms with Crippen LogP contribution in [0.2, 0.25) is 0 Å². The first kappa shape index (κ1) is 26.1. The lowest BCUT2D eigenvalue weighted by Crippen LogP contribution is -2.32. The second-order valence-electron chi connectivity index (χ2n) is 9.24. The number of carbonyl (C=O) groups is 1. The summed E-state index contributed by atoms with van der Waals surface area (Å²) in [5, 5.41) is 12.3. The van der Waals surface area contributed by atoms with Crippen LogP contribution in [-0.4, -0.2) is 58.3 Å². The molecular weight excluding hydrogens is 466 g/mol. The van der Waals surface area contributed by atoms with Gasteiger partial charge in [-0.1, -0.05) is 24.3 Å². The summed E-state index contributed by atoms with van der Waals surface area (Å²) in [6.45, 7) is 3.24. The van der Waals surface area contributed by atoms with E-state index in [0.29, 0.717) is 17.7 Å². The molecule has 0 spiro atoms. The van der Waals surface area contributed by atoms with Gasteiger partial charge in [0.1, 0.15) is 5.75 Å². The number of nitrogens with one attached hydrogen (secondary N) is 1. The average Bonchev–Trinajstić information content (AvgIpc) is 3.37. The highest BCUT2D eigenvalue weighted by Gasteiger charge is 2.34. The molecule has 1 fully saturated rings. The summed E-state index contributed by atoms with van der Waals surface area (Å²) in [6.07, 6.45) is 0.885. The molecule has 0 aromatic heterocycles. The minimum absolute atomic E-state index is 0.158. The Balaban J connectivity index is 1.45. The molecule has 2 atom stereocenters. The summed E-state index contributed by atoms with van der Waals surface area (Å²) >= 11 is 0. The van der Waals surface area contributed by atoms with Gasteiger partial charge in [0, 0.05) is 37.7 Å². The van der Waals surface area contributed by atoms with Crippen LogP contribution in [0.15, 0.2) is 66.7 Å². The first-order valence-corrected chi connectivity index (χ1v) is 12.4. The van der Waals surface area contributed by atoms with E-state index in [4.69, 9.17) is 19.5 Å². The maximum Gasteiger partial charge on any atom is 0.251 e. The molecule has 37 heavy (non-hydrogen) atoms. The molecule has 0 aliphatic carbocycles. The van der Waals surface area contributed by atoms with Crippen LogP contribution >= 0.6 is 0 Å². The SMILES string of the molecule is COc1ccc([C@H]2CN(CCc3ccc(OC)c(OC)c3)C[C@@H]2CNC(=O)c2cccc(C#N)c2)cc1. The van der Waals surface area contributed by atoms with Crippen LogP contribution in [-0.2, 0) is 6.42 Å². The molecule has 3 aromatic rings. The summed E-state index contributed by atoms with van der Waals surface area (Å²) in [5.41, 5.74) is 3.40. The number of likely N-dealkylation sites (tertiary alicyclic amines) is 1. The fourth-order valence-corrected chi connectivity index (χ4v) is 4.96. The number of carbonyl (C=O) groups excluding carboxylic acids is 1. The van der Waals surface area contributed by atoms with Gasteiger partial charge in [0.2, 0.25) is 0 Å². The maximum absolute atomic E-state index is 12.8. The van der Waals surface area contributed by atoms with Gasteiger partial charge >= 0.3 is 0 Å². The molecule has 0 bridgehead atoms. The van der Waals surface area contributed by atoms with Crippen molar-refractivity contribution in [2.45, 2.75) is 12.3 Å². The third-order valence-corrected chi connectivity index (χ3v) is 7.00. The molecule has 1 aliphatic rings. The number of nitriles is 1. The first-order valence-electron chi connectivity index (χ1n) is 12.4. The number of ether oxygens (including phenoxy) is 3. The Morgan fingerprint density at radius 1 is 0.973 bits per heavy atom. The molecule has 0 radical (unpaired) electrons. The van der Waals surface area contributed by atoms with Crippen molar-refractivity contribution in [3.05, 3.63) is 89.0 Å². The topological polar surface area (TPSA) is 83.8 Å². The molecule has 7 heteroatoms. The Labute approximate surface area is 218 Å². The Kier molecular flexibility index (Phi) is 8.65. The highest BCUT2D eigenvalue weighted by Crippen LogP contribution is 2.34. The number of hydrogen-bond donors (Lipinski definition) is 1. The van der Waals surface area contributed by atoms with Gasteiger partial charge in [-0.15, -0.1) is 0 Å². The van der Waals surface area contributed by atoms with E-state index < -0.39 is 0 Å². The molecule has 1 aliphatic heterocycles. The minimum Gasteiger partial charge on any atom is -0.497 e. The molecule has 192 valence electrons. The first-order chi connectivity index (χ1) is 18.0. The summed E-state index contributed by atoms with van der Waals surface area (Å²) in [7, 11) is 4.96. The van der Waals surface area contributed by atoms with Gasteiger partial charge in [-0.2, -0.15) is 5.26 Å². The van der Waals surface area contributed by atoms with Gasteiger partial charge in [-0.25, -0.2) is 0 Å². The number of nitrogens with zero attached hydrogens (tertiary/aromatic N) is 2. The van der Waals surface area contributed by atoms with E-state index in [9.17, 15) is 4.79 Å². The fraction of sp³-hybridized carbons (Fsp3) is 0.333. The van der Waals surface area contributed by atoms with E-state index in [0.717, 1.165) is 43.3 Å². The van der Waals surface area contributed by atoms with E-state index in [1.165, 1.54) is 11.1 Å². The highest BCUT2D eigenvalue weighted by molar-refractivity contribution is 5.94. The third-order valence-electron chi connectivity index (χ3n) is 7.00. The second kappa shape index (κ2) is 12.3. The van der Waals surface area contributed by atoms with E-state index in [1.54, 1.807) is 45.6 Å². The van der Waals surface area contributed by atoms with Crippen molar-refractivity contribution in [3.63, 3.8) is 0 Å². The molecule has 3 aromatic carbocycles. The molecule has 4 rings (SSSR count). The summed E-state index contributed by atoms with van der Waals surface area (Å²) in [5.74, 6) is 2.66. The molecule has 0 unspecified atom stereocenters. The zero-order chi connectivity index (χ0) is 26.2. The lowest BCUT2D eigenvalue weighted by molar-refractivity contribution is 0.0946. The molecule has 1 N–H and O–H groups in total. The van der Waals surface area contributed by atoms with Crippen LogP contribution in [0.5, 0.6) is 17.2 Å². The van der Waals surface area contributed by atoms with Crippen molar-refractivity contribution in [1.29, 1.82) is 5.26 Å². The van der Waals surface area contributed by atoms with Gasteiger partial charge in [-0.3, -0.25) is 4.79 Å². The number of rotatable bonds is 10. The summed E-state index contributed by atoms with van der Waals surface area (Å²) < 4.78 is 16.2. The van der Waals surface area contributed by atoms with Crippen LogP contribution in [0.4, 0.5) is 0 Å². The molecule has 7 nitrogen and oxygen atoms in total. The third kappa shape index (κ3) is 6.41. The fourth-order valence-electron chi connectivity index (χ4n) is 4.96. The zero-order valence-electron chi connectivity index (χ0n) is 21.6. The maximum atomic E-state index is 12.8. The van der Waals surface area contributed by atoms with Crippen molar-refractivity contribution >= 4 is 5.91 Å². The molecule has 0 saturated carbocycles. The van der Waals surface area contributed by atoms with E-state index in [2.05, 4.69) is 34.5 Å². The lowest BCUT2D eigenvalue weighted by Gasteiger charge is -2.19. The number of amides is 1. The van der Waals surface area contributed by atoms with Crippen molar-refractivity contribution in [2.75, 3.05) is 47.5 Å². The smallest absolute Gasteiger partial charge is 0.251 e. The normalized spacial score (nSPS) is 17.1. The Bertz CT molecular complexity index is 1250. The number of methoxy groups -OCH3 is 3. The zero-order valence-corrected chi connectivity index (χ0v) is 21.6. The summed E-state index contributed by atoms with van der Waals surface area (Å²) in [4.78, 5) is 15.3. The van der Waals surface area contributed by atoms with Gasteiger partial charge in [0.25, 0.3) is 5.91 Å². The lowest BCUT2D eigenvalue weighted by atomic mass is 9.89. The largest absolute Gasteiger partial charge is 0.497 e. The average molecular weight is 500 g/mol. The van der Waals surface area contributed by atoms with Crippen LogP contribution in [0.3, 0.4) is 0 Å². The second-order valence-corrected chi connectivity index (χ2v) is 9.24. The van der Waals surface area contributed by atoms with Gasteiger partial charge in [0.05, 0.1) is 33.0 Å². The molecule has 1 heterocycles. The van der Waals surface area contributed by atoms with Crippen LogP contribution in [0.1, 0.15) is 33.0 Å². The Morgan fingerprint density at radius 3 is 2.46 bits per heavy atom. The molecule has 1 amide bonds.